The lowest BCUT2D eigenvalue weighted by molar-refractivity contribution is -0.137. The zero-order valence-corrected chi connectivity index (χ0v) is 14.5. The summed E-state index contributed by atoms with van der Waals surface area (Å²) in [6.45, 7) is 0. The molecule has 1 aliphatic carbocycles. The van der Waals surface area contributed by atoms with Crippen LogP contribution in [-0.2, 0) is 15.0 Å². The summed E-state index contributed by atoms with van der Waals surface area (Å²) in [4.78, 5) is 22.4. The van der Waals surface area contributed by atoms with Crippen LogP contribution < -0.4 is 0 Å². The van der Waals surface area contributed by atoms with Crippen LogP contribution in [0.25, 0.3) is 11.1 Å². The first-order chi connectivity index (χ1) is 11.4. The second-order valence-electron chi connectivity index (χ2n) is 6.11. The molecule has 2 aromatic carbocycles. The van der Waals surface area contributed by atoms with Crippen LogP contribution in [0.5, 0.6) is 0 Å². The maximum Gasteiger partial charge on any atom is 0.303 e. The number of carboxylic acid groups (broad SMARTS) is 2. The first-order valence-corrected chi connectivity index (χ1v) is 8.57. The molecule has 0 fully saturated rings. The summed E-state index contributed by atoms with van der Waals surface area (Å²) in [5.74, 6) is -1.74. The Labute approximate surface area is 148 Å². The topological polar surface area (TPSA) is 74.6 Å². The number of benzene rings is 2. The SMILES string of the molecule is O=C(O)CCC1(CCC(=O)O)c2ccccc2-c2ccc(Br)cc21. The van der Waals surface area contributed by atoms with Gasteiger partial charge >= 0.3 is 11.9 Å². The van der Waals surface area contributed by atoms with Crippen molar-refractivity contribution in [2.24, 2.45) is 0 Å². The molecular formula is C19H17BrO4. The molecule has 2 aromatic rings. The van der Waals surface area contributed by atoms with Gasteiger partial charge in [0, 0.05) is 22.7 Å². The lowest BCUT2D eigenvalue weighted by Crippen LogP contribution is -2.27. The average Bonchev–Trinajstić information content (AvgIpc) is 2.81. The molecule has 24 heavy (non-hydrogen) atoms. The minimum absolute atomic E-state index is 0.0000926. The Balaban J connectivity index is 2.19. The van der Waals surface area contributed by atoms with Crippen LogP contribution in [0.15, 0.2) is 46.9 Å². The van der Waals surface area contributed by atoms with Gasteiger partial charge in [0.1, 0.15) is 0 Å². The number of fused-ring (bicyclic) bond motifs is 3. The van der Waals surface area contributed by atoms with Crippen molar-refractivity contribution in [1.82, 2.24) is 0 Å². The molecule has 5 heteroatoms. The summed E-state index contributed by atoms with van der Waals surface area (Å²) in [5, 5.41) is 18.4. The quantitative estimate of drug-likeness (QED) is 0.766. The summed E-state index contributed by atoms with van der Waals surface area (Å²) in [5.41, 5.74) is 3.59. The van der Waals surface area contributed by atoms with Gasteiger partial charge in [0.15, 0.2) is 0 Å². The van der Waals surface area contributed by atoms with Crippen LogP contribution in [0.2, 0.25) is 0 Å². The molecule has 0 saturated carbocycles. The Morgan fingerprint density at radius 1 is 0.875 bits per heavy atom. The van der Waals surface area contributed by atoms with Gasteiger partial charge < -0.3 is 10.2 Å². The Morgan fingerprint density at radius 3 is 2.08 bits per heavy atom. The zero-order chi connectivity index (χ0) is 17.3. The van der Waals surface area contributed by atoms with Crippen molar-refractivity contribution in [2.75, 3.05) is 0 Å². The van der Waals surface area contributed by atoms with E-state index >= 15 is 0 Å². The molecule has 0 aliphatic heterocycles. The minimum atomic E-state index is -0.870. The summed E-state index contributed by atoms with van der Waals surface area (Å²) in [6, 6.07) is 13.9. The van der Waals surface area contributed by atoms with Crippen molar-refractivity contribution in [3.63, 3.8) is 0 Å². The zero-order valence-electron chi connectivity index (χ0n) is 13.0. The van der Waals surface area contributed by atoms with E-state index in [4.69, 9.17) is 0 Å². The number of halogens is 1. The highest BCUT2D eigenvalue weighted by Crippen LogP contribution is 2.54. The van der Waals surface area contributed by atoms with Crippen molar-refractivity contribution in [2.45, 2.75) is 31.1 Å². The third kappa shape index (κ3) is 2.84. The highest BCUT2D eigenvalue weighted by atomic mass is 79.9. The molecule has 0 bridgehead atoms. The molecule has 0 atom stereocenters. The predicted octanol–water partition coefficient (Wildman–Crippen LogP) is 4.45. The highest BCUT2D eigenvalue weighted by molar-refractivity contribution is 9.10. The Morgan fingerprint density at radius 2 is 1.46 bits per heavy atom. The van der Waals surface area contributed by atoms with Gasteiger partial charge in [0.05, 0.1) is 0 Å². The summed E-state index contributed by atoms with van der Waals surface area (Å²) < 4.78 is 0.907. The maximum atomic E-state index is 11.2. The second kappa shape index (κ2) is 6.40. The van der Waals surface area contributed by atoms with Crippen molar-refractivity contribution < 1.29 is 19.8 Å². The molecule has 0 heterocycles. The fourth-order valence-electron chi connectivity index (χ4n) is 3.73. The van der Waals surface area contributed by atoms with Crippen LogP contribution >= 0.6 is 15.9 Å². The van der Waals surface area contributed by atoms with E-state index in [0.717, 1.165) is 26.7 Å². The Bertz CT molecular complexity index is 795. The molecule has 2 N–H and O–H groups in total. The van der Waals surface area contributed by atoms with E-state index in [9.17, 15) is 19.8 Å². The molecular weight excluding hydrogens is 372 g/mol. The molecule has 1 aliphatic rings. The fraction of sp³-hybridized carbons (Fsp3) is 0.263. The molecule has 0 spiro atoms. The van der Waals surface area contributed by atoms with Crippen molar-refractivity contribution in [1.29, 1.82) is 0 Å². The van der Waals surface area contributed by atoms with Crippen LogP contribution in [0.3, 0.4) is 0 Å². The third-order valence-corrected chi connectivity index (χ3v) is 5.25. The normalized spacial score (nSPS) is 14.0. The monoisotopic (exact) mass is 388 g/mol. The van der Waals surface area contributed by atoms with E-state index in [1.807, 2.05) is 42.5 Å². The van der Waals surface area contributed by atoms with Gasteiger partial charge in [-0.05, 0) is 47.2 Å². The van der Waals surface area contributed by atoms with Gasteiger partial charge in [-0.25, -0.2) is 0 Å². The first kappa shape index (κ1) is 16.7. The number of carbonyl (C=O) groups is 2. The predicted molar refractivity (Wildman–Crippen MR) is 94.1 cm³/mol. The number of carboxylic acids is 2. The molecule has 3 rings (SSSR count). The largest absolute Gasteiger partial charge is 0.481 e. The molecule has 124 valence electrons. The third-order valence-electron chi connectivity index (χ3n) is 4.76. The van der Waals surface area contributed by atoms with E-state index < -0.39 is 17.4 Å². The van der Waals surface area contributed by atoms with Crippen molar-refractivity contribution in [3.05, 3.63) is 58.1 Å². The summed E-state index contributed by atoms with van der Waals surface area (Å²) >= 11 is 3.49. The summed E-state index contributed by atoms with van der Waals surface area (Å²) in [6.07, 6.45) is 0.770. The van der Waals surface area contributed by atoms with Crippen molar-refractivity contribution in [3.8, 4) is 11.1 Å². The molecule has 0 unspecified atom stereocenters. The average molecular weight is 389 g/mol. The van der Waals surface area contributed by atoms with E-state index in [-0.39, 0.29) is 12.8 Å². The first-order valence-electron chi connectivity index (χ1n) is 7.77. The van der Waals surface area contributed by atoms with Gasteiger partial charge in [0.2, 0.25) is 0 Å². The minimum Gasteiger partial charge on any atom is -0.481 e. The number of aliphatic carboxylic acids is 2. The van der Waals surface area contributed by atoms with Gasteiger partial charge in [-0.3, -0.25) is 9.59 Å². The Kier molecular flexibility index (Phi) is 4.45. The molecule has 0 radical (unpaired) electrons. The second-order valence-corrected chi connectivity index (χ2v) is 7.02. The van der Waals surface area contributed by atoms with Crippen LogP contribution in [0, 0.1) is 0 Å². The smallest absolute Gasteiger partial charge is 0.303 e. The van der Waals surface area contributed by atoms with E-state index in [1.165, 1.54) is 0 Å². The van der Waals surface area contributed by atoms with E-state index in [0.29, 0.717) is 12.8 Å². The number of hydrogen-bond donors (Lipinski definition) is 2. The van der Waals surface area contributed by atoms with E-state index in [1.54, 1.807) is 0 Å². The highest BCUT2D eigenvalue weighted by Gasteiger charge is 2.43. The summed E-state index contributed by atoms with van der Waals surface area (Å²) in [7, 11) is 0. The number of rotatable bonds is 6. The van der Waals surface area contributed by atoms with E-state index in [2.05, 4.69) is 15.9 Å². The van der Waals surface area contributed by atoms with Gasteiger partial charge in [0.25, 0.3) is 0 Å². The lowest BCUT2D eigenvalue weighted by Gasteiger charge is -2.31. The van der Waals surface area contributed by atoms with Crippen molar-refractivity contribution >= 4 is 27.9 Å². The Hall–Kier alpha value is -2.14. The molecule has 0 aromatic heterocycles. The van der Waals surface area contributed by atoms with Crippen LogP contribution in [0.4, 0.5) is 0 Å². The standard InChI is InChI=1S/C19H17BrO4/c20-12-5-6-14-13-3-1-2-4-15(13)19(16(14)11-12,9-7-17(21)22)10-8-18(23)24/h1-6,11H,7-10H2,(H,21,22)(H,23,24). The maximum absolute atomic E-state index is 11.2. The van der Waals surface area contributed by atoms with Crippen LogP contribution in [0.1, 0.15) is 36.8 Å². The molecule has 0 amide bonds. The number of hydrogen-bond acceptors (Lipinski definition) is 2. The molecule has 4 nitrogen and oxygen atoms in total. The van der Waals surface area contributed by atoms with Gasteiger partial charge in [-0.2, -0.15) is 0 Å². The fourth-order valence-corrected chi connectivity index (χ4v) is 4.09. The molecule has 0 saturated heterocycles. The van der Waals surface area contributed by atoms with Gasteiger partial charge in [-0.1, -0.05) is 46.3 Å². The van der Waals surface area contributed by atoms with Crippen LogP contribution in [-0.4, -0.2) is 22.2 Å². The lowest BCUT2D eigenvalue weighted by atomic mass is 9.71. The van der Waals surface area contributed by atoms with Gasteiger partial charge in [-0.15, -0.1) is 0 Å².